The lowest BCUT2D eigenvalue weighted by molar-refractivity contribution is 0.522. The Kier molecular flexibility index (Phi) is 3.22. The fraction of sp³-hybridized carbons (Fsp3) is 0.143. The summed E-state index contributed by atoms with van der Waals surface area (Å²) in [5, 5.41) is 0. The molecule has 4 heteroatoms. The molecular formula is C7H8NO2S-. The van der Waals surface area contributed by atoms with E-state index in [4.69, 9.17) is 0 Å². The van der Waals surface area contributed by atoms with Gasteiger partial charge in [0.2, 0.25) is 0 Å². The number of rotatable bonds is 3. The average Bonchev–Trinajstić information content (AvgIpc) is 2.03. The van der Waals surface area contributed by atoms with Crippen LogP contribution in [0.2, 0.25) is 0 Å². The van der Waals surface area contributed by atoms with Crippen LogP contribution in [-0.2, 0) is 17.8 Å². The Labute approximate surface area is 67.9 Å². The van der Waals surface area contributed by atoms with Crippen molar-refractivity contribution in [3.05, 3.63) is 35.9 Å². The van der Waals surface area contributed by atoms with Gasteiger partial charge in [0.15, 0.2) is 0 Å². The van der Waals surface area contributed by atoms with E-state index in [2.05, 4.69) is 4.72 Å². The Balaban J connectivity index is 2.45. The molecule has 0 aliphatic rings. The van der Waals surface area contributed by atoms with Gasteiger partial charge in [-0.1, -0.05) is 30.3 Å². The van der Waals surface area contributed by atoms with E-state index in [1.807, 2.05) is 30.3 Å². The molecular weight excluding hydrogens is 162 g/mol. The highest BCUT2D eigenvalue weighted by atomic mass is 32.2. The molecule has 0 aliphatic heterocycles. The predicted octanol–water partition coefficient (Wildman–Crippen LogP) is 0.570. The minimum Gasteiger partial charge on any atom is -0.760 e. The van der Waals surface area contributed by atoms with Gasteiger partial charge in [0.1, 0.15) is 0 Å². The van der Waals surface area contributed by atoms with Crippen molar-refractivity contribution in [1.82, 2.24) is 4.72 Å². The summed E-state index contributed by atoms with van der Waals surface area (Å²) < 4.78 is 22.4. The van der Waals surface area contributed by atoms with E-state index >= 15 is 0 Å². The first-order valence-corrected chi connectivity index (χ1v) is 4.23. The molecule has 0 aromatic heterocycles. The normalized spacial score (nSPS) is 12.8. The second-order valence-corrected chi connectivity index (χ2v) is 2.80. The third-order valence-corrected chi connectivity index (χ3v) is 1.62. The zero-order valence-corrected chi connectivity index (χ0v) is 6.64. The lowest BCUT2D eigenvalue weighted by Gasteiger charge is -2.05. The maximum atomic E-state index is 10.1. The SMILES string of the molecule is O=S([O-])NCc1ccccc1. The van der Waals surface area contributed by atoms with Gasteiger partial charge in [0.05, 0.1) is 0 Å². The van der Waals surface area contributed by atoms with Gasteiger partial charge in [-0.15, -0.1) is 0 Å². The third-order valence-electron chi connectivity index (χ3n) is 1.24. The minimum atomic E-state index is -2.17. The lowest BCUT2D eigenvalue weighted by Crippen LogP contribution is -2.15. The Hall–Kier alpha value is -0.710. The van der Waals surface area contributed by atoms with Crippen LogP contribution >= 0.6 is 0 Å². The molecule has 0 saturated heterocycles. The predicted molar refractivity (Wildman–Crippen MR) is 42.2 cm³/mol. The second kappa shape index (κ2) is 4.23. The van der Waals surface area contributed by atoms with Crippen LogP contribution in [0.25, 0.3) is 0 Å². The Bertz CT molecular complexity index is 237. The summed E-state index contributed by atoms with van der Waals surface area (Å²) in [6, 6.07) is 9.34. The summed E-state index contributed by atoms with van der Waals surface area (Å²) in [5.41, 5.74) is 0.955. The summed E-state index contributed by atoms with van der Waals surface area (Å²) in [6.07, 6.45) is 0. The van der Waals surface area contributed by atoms with Gasteiger partial charge in [-0.3, -0.25) is 4.21 Å². The molecule has 1 aromatic carbocycles. The molecule has 0 radical (unpaired) electrons. The van der Waals surface area contributed by atoms with Crippen molar-refractivity contribution in [3.63, 3.8) is 0 Å². The van der Waals surface area contributed by atoms with Crippen LogP contribution in [0.5, 0.6) is 0 Å². The number of hydrogen-bond acceptors (Lipinski definition) is 2. The van der Waals surface area contributed by atoms with Crippen molar-refractivity contribution in [1.29, 1.82) is 0 Å². The Morgan fingerprint density at radius 1 is 1.36 bits per heavy atom. The van der Waals surface area contributed by atoms with Crippen molar-refractivity contribution < 1.29 is 8.76 Å². The van der Waals surface area contributed by atoms with Gasteiger partial charge in [0.25, 0.3) is 0 Å². The molecule has 0 saturated carbocycles. The molecule has 0 amide bonds. The first kappa shape index (κ1) is 8.39. The molecule has 60 valence electrons. The largest absolute Gasteiger partial charge is 0.760 e. The fourth-order valence-corrected chi connectivity index (χ4v) is 1.02. The summed E-state index contributed by atoms with van der Waals surface area (Å²) in [4.78, 5) is 0. The van der Waals surface area contributed by atoms with Gasteiger partial charge in [-0.2, -0.15) is 0 Å². The highest BCUT2D eigenvalue weighted by Crippen LogP contribution is 1.96. The molecule has 0 spiro atoms. The van der Waals surface area contributed by atoms with Crippen LogP contribution in [0.1, 0.15) is 5.56 Å². The van der Waals surface area contributed by atoms with Crippen molar-refractivity contribution in [2.75, 3.05) is 0 Å². The molecule has 0 bridgehead atoms. The highest BCUT2D eigenvalue weighted by Gasteiger charge is 1.87. The van der Waals surface area contributed by atoms with E-state index in [9.17, 15) is 8.76 Å². The fourth-order valence-electron chi connectivity index (χ4n) is 0.738. The van der Waals surface area contributed by atoms with E-state index in [1.165, 1.54) is 0 Å². The molecule has 1 rings (SSSR count). The van der Waals surface area contributed by atoms with Gasteiger partial charge in [-0.25, -0.2) is 4.72 Å². The van der Waals surface area contributed by atoms with Crippen LogP contribution in [0.3, 0.4) is 0 Å². The molecule has 11 heavy (non-hydrogen) atoms. The number of benzene rings is 1. The van der Waals surface area contributed by atoms with E-state index in [-0.39, 0.29) is 0 Å². The van der Waals surface area contributed by atoms with Gasteiger partial charge in [-0.05, 0) is 5.56 Å². The standard InChI is InChI=1S/C7H9NO2S/c9-11(10)8-6-7-4-2-1-3-5-7/h1-5,8H,6H2,(H,9,10)/p-1. The lowest BCUT2D eigenvalue weighted by atomic mass is 10.2. The summed E-state index contributed by atoms with van der Waals surface area (Å²) >= 11 is -2.17. The van der Waals surface area contributed by atoms with Crippen LogP contribution < -0.4 is 4.72 Å². The monoisotopic (exact) mass is 170 g/mol. The first-order chi connectivity index (χ1) is 5.29. The second-order valence-electron chi connectivity index (χ2n) is 2.04. The molecule has 0 aliphatic carbocycles. The molecule has 3 nitrogen and oxygen atoms in total. The van der Waals surface area contributed by atoms with Crippen molar-refractivity contribution in [2.24, 2.45) is 0 Å². The Morgan fingerprint density at radius 3 is 2.55 bits per heavy atom. The molecule has 1 aromatic rings. The molecule has 1 unspecified atom stereocenters. The number of hydrogen-bond donors (Lipinski definition) is 1. The summed E-state index contributed by atoms with van der Waals surface area (Å²) in [7, 11) is 0. The van der Waals surface area contributed by atoms with Crippen LogP contribution in [0, 0.1) is 0 Å². The zero-order chi connectivity index (χ0) is 8.10. The maximum absolute atomic E-state index is 10.1. The first-order valence-electron chi connectivity index (χ1n) is 3.16. The molecule has 1 atom stereocenters. The number of nitrogens with one attached hydrogen (secondary N) is 1. The molecule has 0 fully saturated rings. The highest BCUT2D eigenvalue weighted by molar-refractivity contribution is 7.77. The topological polar surface area (TPSA) is 52.2 Å². The maximum Gasteiger partial charge on any atom is 0.0322 e. The van der Waals surface area contributed by atoms with Crippen molar-refractivity contribution in [2.45, 2.75) is 6.54 Å². The van der Waals surface area contributed by atoms with E-state index in [0.717, 1.165) is 5.56 Å². The van der Waals surface area contributed by atoms with E-state index in [0.29, 0.717) is 6.54 Å². The van der Waals surface area contributed by atoms with E-state index < -0.39 is 11.3 Å². The summed E-state index contributed by atoms with van der Waals surface area (Å²) in [6.45, 7) is 0.358. The van der Waals surface area contributed by atoms with Crippen LogP contribution in [-0.4, -0.2) is 8.76 Å². The van der Waals surface area contributed by atoms with Crippen molar-refractivity contribution >= 4 is 11.3 Å². The molecule has 0 heterocycles. The Morgan fingerprint density at radius 2 is 2.00 bits per heavy atom. The minimum absolute atomic E-state index is 0.358. The zero-order valence-electron chi connectivity index (χ0n) is 5.82. The quantitative estimate of drug-likeness (QED) is 0.674. The van der Waals surface area contributed by atoms with Gasteiger partial charge in [0, 0.05) is 17.8 Å². The van der Waals surface area contributed by atoms with Gasteiger partial charge >= 0.3 is 0 Å². The van der Waals surface area contributed by atoms with Crippen LogP contribution in [0.4, 0.5) is 0 Å². The average molecular weight is 170 g/mol. The van der Waals surface area contributed by atoms with Crippen LogP contribution in [0.15, 0.2) is 30.3 Å². The third kappa shape index (κ3) is 3.27. The smallest absolute Gasteiger partial charge is 0.0322 e. The molecule has 1 N–H and O–H groups in total. The summed E-state index contributed by atoms with van der Waals surface area (Å²) in [5.74, 6) is 0. The van der Waals surface area contributed by atoms with Gasteiger partial charge < -0.3 is 4.55 Å². The van der Waals surface area contributed by atoms with Crippen molar-refractivity contribution in [3.8, 4) is 0 Å². The van der Waals surface area contributed by atoms with E-state index in [1.54, 1.807) is 0 Å².